The van der Waals surface area contributed by atoms with Crippen molar-refractivity contribution in [3.63, 3.8) is 0 Å². The second kappa shape index (κ2) is 7.95. The Bertz CT molecular complexity index is 714. The highest BCUT2D eigenvalue weighted by atomic mass is 35.5. The van der Waals surface area contributed by atoms with Gasteiger partial charge in [-0.15, -0.1) is 0 Å². The van der Waals surface area contributed by atoms with E-state index in [0.29, 0.717) is 16.1 Å². The van der Waals surface area contributed by atoms with Crippen molar-refractivity contribution < 1.29 is 14.3 Å². The third-order valence-electron chi connectivity index (χ3n) is 3.70. The van der Waals surface area contributed by atoms with E-state index < -0.39 is 5.91 Å². The number of nitrogens with two attached hydrogens (primary N) is 1. The van der Waals surface area contributed by atoms with Gasteiger partial charge in [-0.25, -0.2) is 0 Å². The van der Waals surface area contributed by atoms with Crippen LogP contribution in [0.3, 0.4) is 0 Å². The van der Waals surface area contributed by atoms with Crippen LogP contribution in [0.5, 0.6) is 0 Å². The molecule has 2 amide bonds. The minimum atomic E-state index is -0.530. The number of carbonyl (C=O) groups excluding carboxylic acids is 2. The summed E-state index contributed by atoms with van der Waals surface area (Å²) in [7, 11) is 1.59. The summed E-state index contributed by atoms with van der Waals surface area (Å²) >= 11 is 5.90. The summed E-state index contributed by atoms with van der Waals surface area (Å²) in [6, 6.07) is 13.2. The third kappa shape index (κ3) is 4.34. The van der Waals surface area contributed by atoms with Crippen LogP contribution >= 0.6 is 11.6 Å². The van der Waals surface area contributed by atoms with Gasteiger partial charge in [0.05, 0.1) is 6.04 Å². The van der Waals surface area contributed by atoms with Crippen LogP contribution in [0.25, 0.3) is 0 Å². The molecule has 0 unspecified atom stereocenters. The molecule has 2 atom stereocenters. The van der Waals surface area contributed by atoms with Gasteiger partial charge in [0.2, 0.25) is 5.91 Å². The minimum Gasteiger partial charge on any atom is -0.375 e. The molecule has 6 heteroatoms. The highest BCUT2D eigenvalue weighted by Crippen LogP contribution is 2.22. The van der Waals surface area contributed by atoms with Crippen molar-refractivity contribution in [1.82, 2.24) is 5.32 Å². The molecule has 0 aliphatic heterocycles. The van der Waals surface area contributed by atoms with Crippen molar-refractivity contribution in [2.75, 3.05) is 7.11 Å². The van der Waals surface area contributed by atoms with E-state index in [2.05, 4.69) is 5.32 Å². The number of benzene rings is 2. The number of primary amides is 1. The molecule has 126 valence electrons. The summed E-state index contributed by atoms with van der Waals surface area (Å²) in [6.07, 6.45) is -0.309. The Labute approximate surface area is 145 Å². The van der Waals surface area contributed by atoms with Gasteiger partial charge in [0.25, 0.3) is 5.91 Å². The first-order valence-corrected chi connectivity index (χ1v) is 7.79. The first-order valence-electron chi connectivity index (χ1n) is 7.41. The largest absolute Gasteiger partial charge is 0.375 e. The lowest BCUT2D eigenvalue weighted by molar-refractivity contribution is 0.0645. The Morgan fingerprint density at radius 2 is 1.58 bits per heavy atom. The quantitative estimate of drug-likeness (QED) is 0.843. The number of halogens is 1. The van der Waals surface area contributed by atoms with Gasteiger partial charge in [-0.1, -0.05) is 23.7 Å². The fraction of sp³-hybridized carbons (Fsp3) is 0.222. The van der Waals surface area contributed by atoms with Crippen LogP contribution in [-0.4, -0.2) is 25.0 Å². The van der Waals surface area contributed by atoms with E-state index in [1.165, 1.54) is 12.1 Å². The van der Waals surface area contributed by atoms with Crippen LogP contribution < -0.4 is 11.1 Å². The lowest BCUT2D eigenvalue weighted by Gasteiger charge is -2.24. The van der Waals surface area contributed by atoms with Gasteiger partial charge in [0, 0.05) is 23.3 Å². The molecule has 0 spiro atoms. The lowest BCUT2D eigenvalue weighted by Crippen LogP contribution is -2.37. The molecule has 0 bridgehead atoms. The maximum Gasteiger partial charge on any atom is 0.251 e. The number of methoxy groups -OCH3 is 1. The summed E-state index contributed by atoms with van der Waals surface area (Å²) in [5.41, 5.74) is 6.90. The van der Waals surface area contributed by atoms with Gasteiger partial charge in [0.1, 0.15) is 6.10 Å². The van der Waals surface area contributed by atoms with Crippen molar-refractivity contribution in [2.24, 2.45) is 5.73 Å². The second-order valence-corrected chi connectivity index (χ2v) is 5.85. The summed E-state index contributed by atoms with van der Waals surface area (Å²) in [6.45, 7) is 1.86. The molecule has 2 rings (SSSR count). The van der Waals surface area contributed by atoms with Crippen LogP contribution in [0, 0.1) is 0 Å². The molecule has 0 saturated heterocycles. The van der Waals surface area contributed by atoms with Crippen molar-refractivity contribution in [2.45, 2.75) is 19.1 Å². The van der Waals surface area contributed by atoms with Crippen LogP contribution in [0.15, 0.2) is 48.5 Å². The number of carbonyl (C=O) groups is 2. The minimum absolute atomic E-state index is 0.255. The SMILES string of the molecule is CO[C@@H](c1ccc(Cl)cc1)[C@@H](C)NC(=O)c1ccc(C(N)=O)cc1. The topological polar surface area (TPSA) is 81.4 Å². The highest BCUT2D eigenvalue weighted by molar-refractivity contribution is 6.30. The fourth-order valence-electron chi connectivity index (χ4n) is 2.43. The van der Waals surface area contributed by atoms with Crippen LogP contribution in [0.4, 0.5) is 0 Å². The summed E-state index contributed by atoms with van der Waals surface area (Å²) < 4.78 is 5.51. The monoisotopic (exact) mass is 346 g/mol. The van der Waals surface area contributed by atoms with Crippen molar-refractivity contribution in [3.05, 3.63) is 70.2 Å². The van der Waals surface area contributed by atoms with Crippen molar-refractivity contribution in [1.29, 1.82) is 0 Å². The standard InChI is InChI=1S/C18H19ClN2O3/c1-11(16(24-2)12-7-9-15(19)10-8-12)21-18(23)14-5-3-13(4-6-14)17(20)22/h3-11,16H,1-2H3,(H2,20,22)(H,21,23)/t11-,16-/m1/s1. The number of hydrogen-bond donors (Lipinski definition) is 2. The molecule has 0 saturated carbocycles. The maximum atomic E-state index is 12.3. The summed E-state index contributed by atoms with van der Waals surface area (Å²) in [5, 5.41) is 3.53. The number of ether oxygens (including phenoxy) is 1. The predicted octanol–water partition coefficient (Wildman–Crippen LogP) is 2.94. The Morgan fingerprint density at radius 3 is 2.08 bits per heavy atom. The second-order valence-electron chi connectivity index (χ2n) is 5.41. The van der Waals surface area contributed by atoms with Crippen LogP contribution in [0.1, 0.15) is 39.3 Å². The van der Waals surface area contributed by atoms with E-state index in [-0.39, 0.29) is 18.1 Å². The van der Waals surface area contributed by atoms with E-state index in [9.17, 15) is 9.59 Å². The van der Waals surface area contributed by atoms with Crippen LogP contribution in [-0.2, 0) is 4.74 Å². The average Bonchev–Trinajstić information content (AvgIpc) is 2.57. The third-order valence-corrected chi connectivity index (χ3v) is 3.95. The van der Waals surface area contributed by atoms with Gasteiger partial charge in [-0.2, -0.15) is 0 Å². The summed E-state index contributed by atoms with van der Waals surface area (Å²) in [4.78, 5) is 23.4. The van der Waals surface area contributed by atoms with E-state index in [4.69, 9.17) is 22.1 Å². The Morgan fingerprint density at radius 1 is 1.04 bits per heavy atom. The molecule has 24 heavy (non-hydrogen) atoms. The van der Waals surface area contributed by atoms with Crippen molar-refractivity contribution >= 4 is 23.4 Å². The Hall–Kier alpha value is -2.37. The zero-order valence-electron chi connectivity index (χ0n) is 13.5. The molecular weight excluding hydrogens is 328 g/mol. The molecule has 0 heterocycles. The number of hydrogen-bond acceptors (Lipinski definition) is 3. The number of rotatable bonds is 6. The van der Waals surface area contributed by atoms with Crippen LogP contribution in [0.2, 0.25) is 5.02 Å². The van der Waals surface area contributed by atoms with E-state index >= 15 is 0 Å². The normalized spacial score (nSPS) is 13.1. The highest BCUT2D eigenvalue weighted by Gasteiger charge is 2.21. The molecule has 5 nitrogen and oxygen atoms in total. The zero-order valence-corrected chi connectivity index (χ0v) is 14.2. The van der Waals surface area contributed by atoms with Gasteiger partial charge in [0.15, 0.2) is 0 Å². The molecule has 0 aliphatic rings. The smallest absolute Gasteiger partial charge is 0.251 e. The van der Waals surface area contributed by atoms with E-state index in [1.54, 1.807) is 31.4 Å². The number of nitrogens with one attached hydrogen (secondary N) is 1. The Kier molecular flexibility index (Phi) is 5.95. The molecule has 2 aromatic rings. The van der Waals surface area contributed by atoms with Gasteiger partial charge < -0.3 is 15.8 Å². The first kappa shape index (κ1) is 18.0. The zero-order chi connectivity index (χ0) is 17.7. The average molecular weight is 347 g/mol. The number of amides is 2. The molecule has 2 aromatic carbocycles. The fourth-order valence-corrected chi connectivity index (χ4v) is 2.56. The van der Waals surface area contributed by atoms with Crippen molar-refractivity contribution in [3.8, 4) is 0 Å². The van der Waals surface area contributed by atoms with Gasteiger partial charge >= 0.3 is 0 Å². The van der Waals surface area contributed by atoms with E-state index in [1.807, 2.05) is 19.1 Å². The predicted molar refractivity (Wildman–Crippen MR) is 93.1 cm³/mol. The molecule has 0 radical (unpaired) electrons. The van der Waals surface area contributed by atoms with Gasteiger partial charge in [-0.3, -0.25) is 9.59 Å². The molecule has 3 N–H and O–H groups in total. The summed E-state index contributed by atoms with van der Waals surface area (Å²) in [5.74, 6) is -0.785. The maximum absolute atomic E-state index is 12.3. The molecular formula is C18H19ClN2O3. The molecule has 0 fully saturated rings. The van der Waals surface area contributed by atoms with E-state index in [0.717, 1.165) is 5.56 Å². The first-order chi connectivity index (χ1) is 11.4. The molecule has 0 aliphatic carbocycles. The van der Waals surface area contributed by atoms with Gasteiger partial charge in [-0.05, 0) is 48.9 Å². The Balaban J connectivity index is 2.08. The molecule has 0 aromatic heterocycles. The lowest BCUT2D eigenvalue weighted by atomic mass is 10.0.